The Labute approximate surface area is 117 Å². The van der Waals surface area contributed by atoms with Crippen LogP contribution >= 0.6 is 11.8 Å². The van der Waals surface area contributed by atoms with Gasteiger partial charge in [0.15, 0.2) is 0 Å². The molecule has 0 aromatic rings. The van der Waals surface area contributed by atoms with Gasteiger partial charge < -0.3 is 10.6 Å². The van der Waals surface area contributed by atoms with Gasteiger partial charge in [-0.15, -0.1) is 0 Å². The van der Waals surface area contributed by atoms with Gasteiger partial charge in [-0.3, -0.25) is 4.79 Å². The summed E-state index contributed by atoms with van der Waals surface area (Å²) in [6.07, 6.45) is 4.47. The SMILES string of the molecule is CCCCN(CCCC)C(=O)CSCC(C)(C)N. The summed E-state index contributed by atoms with van der Waals surface area (Å²) in [5, 5.41) is 0. The first-order valence-electron chi connectivity index (χ1n) is 7.05. The lowest BCUT2D eigenvalue weighted by Crippen LogP contribution is -2.37. The summed E-state index contributed by atoms with van der Waals surface area (Å²) in [6.45, 7) is 10.1. The molecule has 18 heavy (non-hydrogen) atoms. The first-order valence-corrected chi connectivity index (χ1v) is 8.20. The van der Waals surface area contributed by atoms with E-state index in [1.165, 1.54) is 0 Å². The number of rotatable bonds is 10. The summed E-state index contributed by atoms with van der Waals surface area (Å²) >= 11 is 1.65. The zero-order valence-electron chi connectivity index (χ0n) is 12.5. The summed E-state index contributed by atoms with van der Waals surface area (Å²) < 4.78 is 0. The number of hydrogen-bond donors (Lipinski definition) is 1. The van der Waals surface area contributed by atoms with Gasteiger partial charge in [0.1, 0.15) is 0 Å². The van der Waals surface area contributed by atoms with Crippen LogP contribution in [0.3, 0.4) is 0 Å². The molecule has 0 aromatic carbocycles. The van der Waals surface area contributed by atoms with Crippen LogP contribution in [0, 0.1) is 0 Å². The van der Waals surface area contributed by atoms with Gasteiger partial charge in [0.05, 0.1) is 5.75 Å². The van der Waals surface area contributed by atoms with Crippen LogP contribution in [0.15, 0.2) is 0 Å². The van der Waals surface area contributed by atoms with Gasteiger partial charge in [0.25, 0.3) is 0 Å². The summed E-state index contributed by atoms with van der Waals surface area (Å²) in [6, 6.07) is 0. The monoisotopic (exact) mass is 274 g/mol. The highest BCUT2D eigenvalue weighted by Crippen LogP contribution is 2.11. The van der Waals surface area contributed by atoms with E-state index in [4.69, 9.17) is 5.73 Å². The van der Waals surface area contributed by atoms with Crippen LogP contribution in [0.4, 0.5) is 0 Å². The minimum Gasteiger partial charge on any atom is -0.342 e. The second kappa shape index (κ2) is 9.68. The van der Waals surface area contributed by atoms with Crippen LogP contribution in [0.25, 0.3) is 0 Å². The predicted octanol–water partition coefficient (Wildman–Crippen LogP) is 2.89. The number of unbranched alkanes of at least 4 members (excludes halogenated alkanes) is 2. The molecule has 0 unspecified atom stereocenters. The van der Waals surface area contributed by atoms with E-state index in [0.717, 1.165) is 44.5 Å². The molecule has 108 valence electrons. The Hall–Kier alpha value is -0.220. The molecule has 0 fully saturated rings. The lowest BCUT2D eigenvalue weighted by molar-refractivity contribution is -0.128. The third kappa shape index (κ3) is 9.77. The fourth-order valence-corrected chi connectivity index (χ4v) is 2.54. The fraction of sp³-hybridized carbons (Fsp3) is 0.929. The number of carbonyl (C=O) groups is 1. The maximum Gasteiger partial charge on any atom is 0.232 e. The molecule has 2 N–H and O–H groups in total. The van der Waals surface area contributed by atoms with Crippen LogP contribution in [0.1, 0.15) is 53.4 Å². The van der Waals surface area contributed by atoms with Gasteiger partial charge in [0, 0.05) is 24.4 Å². The van der Waals surface area contributed by atoms with Gasteiger partial charge in [-0.2, -0.15) is 11.8 Å². The van der Waals surface area contributed by atoms with Crippen molar-refractivity contribution in [2.24, 2.45) is 5.73 Å². The minimum absolute atomic E-state index is 0.192. The molecule has 0 aliphatic carbocycles. The molecular weight excluding hydrogens is 244 g/mol. The third-order valence-electron chi connectivity index (χ3n) is 2.62. The van der Waals surface area contributed by atoms with Crippen molar-refractivity contribution in [3.05, 3.63) is 0 Å². The van der Waals surface area contributed by atoms with Gasteiger partial charge in [0.2, 0.25) is 5.91 Å². The Morgan fingerprint density at radius 2 is 1.67 bits per heavy atom. The molecule has 0 saturated heterocycles. The van der Waals surface area contributed by atoms with Crippen molar-refractivity contribution < 1.29 is 4.79 Å². The summed E-state index contributed by atoms with van der Waals surface area (Å²) in [7, 11) is 0. The van der Waals surface area contributed by atoms with E-state index in [1.807, 2.05) is 18.7 Å². The molecule has 0 rings (SSSR count). The average Bonchev–Trinajstić information content (AvgIpc) is 2.27. The zero-order valence-corrected chi connectivity index (χ0v) is 13.3. The van der Waals surface area contributed by atoms with Gasteiger partial charge in [-0.25, -0.2) is 0 Å². The maximum atomic E-state index is 12.1. The van der Waals surface area contributed by atoms with Gasteiger partial charge >= 0.3 is 0 Å². The Bertz CT molecular complexity index is 218. The predicted molar refractivity (Wildman–Crippen MR) is 82.0 cm³/mol. The van der Waals surface area contributed by atoms with E-state index in [-0.39, 0.29) is 11.4 Å². The highest BCUT2D eigenvalue weighted by molar-refractivity contribution is 8.00. The quantitative estimate of drug-likeness (QED) is 0.666. The molecule has 0 bridgehead atoms. The van der Waals surface area contributed by atoms with E-state index >= 15 is 0 Å². The first-order chi connectivity index (χ1) is 8.40. The second-order valence-electron chi connectivity index (χ2n) is 5.57. The van der Waals surface area contributed by atoms with Gasteiger partial charge in [-0.1, -0.05) is 26.7 Å². The van der Waals surface area contributed by atoms with Crippen LogP contribution in [-0.2, 0) is 4.79 Å². The molecule has 0 saturated carbocycles. The molecule has 0 atom stereocenters. The van der Waals surface area contributed by atoms with E-state index in [9.17, 15) is 4.79 Å². The summed E-state index contributed by atoms with van der Waals surface area (Å²) in [5.41, 5.74) is 5.72. The Morgan fingerprint density at radius 3 is 2.06 bits per heavy atom. The highest BCUT2D eigenvalue weighted by atomic mass is 32.2. The molecule has 0 heterocycles. The lowest BCUT2D eigenvalue weighted by atomic mass is 10.1. The summed E-state index contributed by atoms with van der Waals surface area (Å²) in [4.78, 5) is 14.1. The lowest BCUT2D eigenvalue weighted by Gasteiger charge is -2.23. The molecular formula is C14H30N2OS. The van der Waals surface area contributed by atoms with Crippen molar-refractivity contribution in [2.75, 3.05) is 24.6 Å². The molecule has 3 nitrogen and oxygen atoms in total. The molecule has 1 amide bonds. The normalized spacial score (nSPS) is 11.6. The average molecular weight is 274 g/mol. The van der Waals surface area contributed by atoms with E-state index in [1.54, 1.807) is 11.8 Å². The van der Waals surface area contributed by atoms with Crippen LogP contribution in [-0.4, -0.2) is 40.9 Å². The van der Waals surface area contributed by atoms with Crippen LogP contribution in [0.2, 0.25) is 0 Å². The van der Waals surface area contributed by atoms with E-state index in [0.29, 0.717) is 5.75 Å². The zero-order chi connectivity index (χ0) is 14.0. The second-order valence-corrected chi connectivity index (χ2v) is 6.55. The number of nitrogens with zero attached hydrogens (tertiary/aromatic N) is 1. The first kappa shape index (κ1) is 17.8. The Kier molecular flexibility index (Phi) is 9.56. The molecule has 0 aliphatic heterocycles. The molecule has 0 radical (unpaired) electrons. The highest BCUT2D eigenvalue weighted by Gasteiger charge is 2.15. The van der Waals surface area contributed by atoms with E-state index in [2.05, 4.69) is 13.8 Å². The topological polar surface area (TPSA) is 46.3 Å². The molecule has 0 spiro atoms. The minimum atomic E-state index is -0.192. The number of amides is 1. The van der Waals surface area contributed by atoms with Crippen molar-refractivity contribution in [1.29, 1.82) is 0 Å². The fourth-order valence-electron chi connectivity index (χ4n) is 1.55. The van der Waals surface area contributed by atoms with Crippen LogP contribution in [0.5, 0.6) is 0 Å². The van der Waals surface area contributed by atoms with Crippen molar-refractivity contribution in [3.8, 4) is 0 Å². The maximum absolute atomic E-state index is 12.1. The number of carbonyl (C=O) groups excluding carboxylic acids is 1. The standard InChI is InChI=1S/C14H30N2OS/c1-5-7-9-16(10-8-6-2)13(17)11-18-12-14(3,4)15/h5-12,15H2,1-4H3. The largest absolute Gasteiger partial charge is 0.342 e. The molecule has 0 aliphatic rings. The Morgan fingerprint density at radius 1 is 1.17 bits per heavy atom. The van der Waals surface area contributed by atoms with Crippen molar-refractivity contribution >= 4 is 17.7 Å². The van der Waals surface area contributed by atoms with Crippen molar-refractivity contribution in [2.45, 2.75) is 58.9 Å². The third-order valence-corrected chi connectivity index (χ3v) is 4.01. The molecule has 0 aromatic heterocycles. The Balaban J connectivity index is 4.03. The van der Waals surface area contributed by atoms with Gasteiger partial charge in [-0.05, 0) is 26.7 Å². The summed E-state index contributed by atoms with van der Waals surface area (Å²) in [5.74, 6) is 1.66. The van der Waals surface area contributed by atoms with Crippen molar-refractivity contribution in [1.82, 2.24) is 4.90 Å². The van der Waals surface area contributed by atoms with E-state index < -0.39 is 0 Å². The number of thioether (sulfide) groups is 1. The van der Waals surface area contributed by atoms with Crippen molar-refractivity contribution in [3.63, 3.8) is 0 Å². The van der Waals surface area contributed by atoms with Crippen LogP contribution < -0.4 is 5.73 Å². The number of hydrogen-bond acceptors (Lipinski definition) is 3. The molecule has 4 heteroatoms. The smallest absolute Gasteiger partial charge is 0.232 e. The number of nitrogens with two attached hydrogens (primary N) is 1.